The lowest BCUT2D eigenvalue weighted by atomic mass is 9.89. The van der Waals surface area contributed by atoms with Gasteiger partial charge in [-0.2, -0.15) is 0 Å². The van der Waals surface area contributed by atoms with Crippen LogP contribution in [-0.2, 0) is 4.74 Å². The van der Waals surface area contributed by atoms with Crippen LogP contribution in [0.25, 0.3) is 0 Å². The number of Topliss-reactive ketones (excluding diaryl/α,β-unsaturated/α-hetero) is 1. The summed E-state index contributed by atoms with van der Waals surface area (Å²) in [4.78, 5) is 28.8. The summed E-state index contributed by atoms with van der Waals surface area (Å²) in [6.45, 7) is 3.81. The van der Waals surface area contributed by atoms with E-state index in [2.05, 4.69) is 0 Å². The monoisotopic (exact) mass is 332 g/mol. The van der Waals surface area contributed by atoms with Crippen molar-refractivity contribution in [1.29, 1.82) is 0 Å². The molecule has 130 valence electrons. The Bertz CT molecular complexity index is 573. The number of methoxy groups -OCH3 is 1. The quantitative estimate of drug-likeness (QED) is 0.795. The van der Waals surface area contributed by atoms with Crippen LogP contribution >= 0.6 is 0 Å². The molecule has 0 N–H and O–H groups in total. The third kappa shape index (κ3) is 3.70. The molecule has 2 amide bonds. The summed E-state index contributed by atoms with van der Waals surface area (Å²) >= 11 is 0. The zero-order valence-electron chi connectivity index (χ0n) is 14.1. The fourth-order valence-electron chi connectivity index (χ4n) is 3.28. The Morgan fingerprint density at radius 1 is 1.00 bits per heavy atom. The third-order valence-electron chi connectivity index (χ3n) is 4.79. The Morgan fingerprint density at radius 3 is 2.17 bits per heavy atom. The Hall–Kier alpha value is -2.08. The lowest BCUT2D eigenvalue weighted by molar-refractivity contribution is 0.0397. The maximum atomic E-state index is 12.6. The summed E-state index contributed by atoms with van der Waals surface area (Å²) in [5, 5.41) is 0. The molecule has 1 aromatic rings. The van der Waals surface area contributed by atoms with Crippen molar-refractivity contribution in [2.75, 3.05) is 46.5 Å². The van der Waals surface area contributed by atoms with Gasteiger partial charge in [0.25, 0.3) is 0 Å². The van der Waals surface area contributed by atoms with E-state index in [1.54, 1.807) is 7.11 Å². The molecule has 0 bridgehead atoms. The van der Waals surface area contributed by atoms with Crippen molar-refractivity contribution in [3.05, 3.63) is 29.8 Å². The van der Waals surface area contributed by atoms with E-state index in [1.807, 2.05) is 34.1 Å². The fourth-order valence-corrected chi connectivity index (χ4v) is 3.28. The van der Waals surface area contributed by atoms with E-state index in [1.165, 1.54) is 0 Å². The molecular weight excluding hydrogens is 308 g/mol. The smallest absolute Gasteiger partial charge is 0.320 e. The van der Waals surface area contributed by atoms with Gasteiger partial charge in [0.1, 0.15) is 5.75 Å². The minimum absolute atomic E-state index is 0.00728. The van der Waals surface area contributed by atoms with Gasteiger partial charge in [-0.3, -0.25) is 4.79 Å². The van der Waals surface area contributed by atoms with Gasteiger partial charge >= 0.3 is 6.03 Å². The fraction of sp³-hybridized carbons (Fsp3) is 0.556. The number of amides is 2. The standard InChI is InChI=1S/C18H24N2O4/c1-23-16-4-2-14(3-5-16)17(21)15-6-8-19(9-7-15)18(22)20-10-12-24-13-11-20/h2-5,15H,6-13H2,1H3. The molecule has 1 aromatic carbocycles. The van der Waals surface area contributed by atoms with E-state index >= 15 is 0 Å². The van der Waals surface area contributed by atoms with Gasteiger partial charge in [0, 0.05) is 37.7 Å². The number of ether oxygens (including phenoxy) is 2. The number of nitrogens with zero attached hydrogens (tertiary/aromatic N) is 2. The first-order chi connectivity index (χ1) is 11.7. The maximum absolute atomic E-state index is 12.6. The Labute approximate surface area is 142 Å². The summed E-state index contributed by atoms with van der Waals surface area (Å²) in [5.41, 5.74) is 0.716. The largest absolute Gasteiger partial charge is 0.497 e. The molecule has 0 unspecified atom stereocenters. The topological polar surface area (TPSA) is 59.1 Å². The Morgan fingerprint density at radius 2 is 1.58 bits per heavy atom. The highest BCUT2D eigenvalue weighted by Gasteiger charge is 2.30. The number of hydrogen-bond acceptors (Lipinski definition) is 4. The lowest BCUT2D eigenvalue weighted by Crippen LogP contribution is -2.50. The highest BCUT2D eigenvalue weighted by atomic mass is 16.5. The van der Waals surface area contributed by atoms with E-state index in [4.69, 9.17) is 9.47 Å². The molecule has 6 heteroatoms. The molecule has 2 saturated heterocycles. The van der Waals surface area contributed by atoms with Crippen LogP contribution in [0, 0.1) is 5.92 Å². The number of morpholine rings is 1. The van der Waals surface area contributed by atoms with Crippen LogP contribution in [0.3, 0.4) is 0 Å². The van der Waals surface area contributed by atoms with Crippen molar-refractivity contribution in [1.82, 2.24) is 9.80 Å². The predicted molar refractivity (Wildman–Crippen MR) is 89.4 cm³/mol. The summed E-state index contributed by atoms with van der Waals surface area (Å²) in [5.74, 6) is 0.903. The van der Waals surface area contributed by atoms with Crippen LogP contribution in [0.1, 0.15) is 23.2 Å². The molecule has 0 saturated carbocycles. The van der Waals surface area contributed by atoms with Gasteiger partial charge in [-0.25, -0.2) is 4.79 Å². The maximum Gasteiger partial charge on any atom is 0.320 e. The minimum Gasteiger partial charge on any atom is -0.497 e. The highest BCUT2D eigenvalue weighted by Crippen LogP contribution is 2.24. The SMILES string of the molecule is COc1ccc(C(=O)C2CCN(C(=O)N3CCOCC3)CC2)cc1. The molecule has 0 radical (unpaired) electrons. The molecule has 24 heavy (non-hydrogen) atoms. The van der Waals surface area contributed by atoms with Gasteiger partial charge < -0.3 is 19.3 Å². The number of benzene rings is 1. The van der Waals surface area contributed by atoms with Crippen LogP contribution in [0.5, 0.6) is 5.75 Å². The van der Waals surface area contributed by atoms with E-state index in [0.717, 1.165) is 18.6 Å². The van der Waals surface area contributed by atoms with E-state index in [9.17, 15) is 9.59 Å². The second-order valence-corrected chi connectivity index (χ2v) is 6.24. The molecule has 0 aromatic heterocycles. The number of piperidine rings is 1. The average molecular weight is 332 g/mol. The van der Waals surface area contributed by atoms with Crippen LogP contribution < -0.4 is 4.74 Å². The molecule has 2 aliphatic rings. The second kappa shape index (κ2) is 7.66. The van der Waals surface area contributed by atoms with Gasteiger partial charge in [0.2, 0.25) is 0 Å². The molecular formula is C18H24N2O4. The number of likely N-dealkylation sites (tertiary alicyclic amines) is 1. The first-order valence-electron chi connectivity index (χ1n) is 8.49. The van der Waals surface area contributed by atoms with Crippen LogP contribution in [0.4, 0.5) is 4.79 Å². The zero-order valence-corrected chi connectivity index (χ0v) is 14.1. The lowest BCUT2D eigenvalue weighted by Gasteiger charge is -2.36. The molecule has 0 atom stereocenters. The van der Waals surface area contributed by atoms with Crippen LogP contribution in [0.15, 0.2) is 24.3 Å². The van der Waals surface area contributed by atoms with Crippen molar-refractivity contribution in [2.45, 2.75) is 12.8 Å². The Kier molecular flexibility index (Phi) is 5.35. The van der Waals surface area contributed by atoms with Crippen molar-refractivity contribution >= 4 is 11.8 Å². The van der Waals surface area contributed by atoms with Crippen molar-refractivity contribution in [3.63, 3.8) is 0 Å². The highest BCUT2D eigenvalue weighted by molar-refractivity contribution is 5.98. The summed E-state index contributed by atoms with van der Waals surface area (Å²) in [7, 11) is 1.61. The summed E-state index contributed by atoms with van der Waals surface area (Å²) in [6, 6.07) is 7.32. The van der Waals surface area contributed by atoms with E-state index in [-0.39, 0.29) is 17.7 Å². The van der Waals surface area contributed by atoms with Gasteiger partial charge in [-0.05, 0) is 37.1 Å². The number of ketones is 1. The third-order valence-corrected chi connectivity index (χ3v) is 4.79. The molecule has 2 fully saturated rings. The number of hydrogen-bond donors (Lipinski definition) is 0. The van der Waals surface area contributed by atoms with Crippen molar-refractivity contribution in [2.24, 2.45) is 5.92 Å². The second-order valence-electron chi connectivity index (χ2n) is 6.24. The first-order valence-corrected chi connectivity index (χ1v) is 8.49. The molecule has 0 aliphatic carbocycles. The number of urea groups is 1. The minimum atomic E-state index is -0.00728. The first kappa shape index (κ1) is 16.8. The number of carbonyl (C=O) groups excluding carboxylic acids is 2. The van der Waals surface area contributed by atoms with Gasteiger partial charge in [0.05, 0.1) is 20.3 Å². The molecule has 2 aliphatic heterocycles. The van der Waals surface area contributed by atoms with Crippen LogP contribution in [0.2, 0.25) is 0 Å². The molecule has 2 heterocycles. The van der Waals surface area contributed by atoms with Crippen molar-refractivity contribution < 1.29 is 19.1 Å². The van der Waals surface area contributed by atoms with E-state index < -0.39 is 0 Å². The summed E-state index contributed by atoms with van der Waals surface area (Å²) in [6.07, 6.45) is 1.45. The van der Waals surface area contributed by atoms with Gasteiger partial charge in [0.15, 0.2) is 5.78 Å². The molecule has 3 rings (SSSR count). The zero-order chi connectivity index (χ0) is 16.9. The van der Waals surface area contributed by atoms with Crippen LogP contribution in [-0.4, -0.2) is 68.1 Å². The number of rotatable bonds is 3. The van der Waals surface area contributed by atoms with Gasteiger partial charge in [-0.15, -0.1) is 0 Å². The van der Waals surface area contributed by atoms with Gasteiger partial charge in [-0.1, -0.05) is 0 Å². The normalized spacial score (nSPS) is 19.2. The number of carbonyl (C=O) groups is 2. The molecule has 0 spiro atoms. The van der Waals surface area contributed by atoms with Crippen molar-refractivity contribution in [3.8, 4) is 5.75 Å². The summed E-state index contributed by atoms with van der Waals surface area (Å²) < 4.78 is 10.4. The average Bonchev–Trinajstić information content (AvgIpc) is 2.68. The predicted octanol–water partition coefficient (Wildman–Crippen LogP) is 2.04. The molecule has 6 nitrogen and oxygen atoms in total. The van der Waals surface area contributed by atoms with E-state index in [0.29, 0.717) is 45.0 Å². The Balaban J connectivity index is 1.54.